The Morgan fingerprint density at radius 1 is 1.00 bits per heavy atom. The maximum Gasteiger partial charge on any atom is 0.0645 e. The smallest absolute Gasteiger partial charge is 0.0645 e. The van der Waals surface area contributed by atoms with Crippen LogP contribution in [0.1, 0.15) is 28.4 Å². The Balaban J connectivity index is 2.27. The summed E-state index contributed by atoms with van der Waals surface area (Å²) in [6.07, 6.45) is 1.09. The van der Waals surface area contributed by atoms with Gasteiger partial charge in [0.25, 0.3) is 0 Å². The van der Waals surface area contributed by atoms with E-state index in [9.17, 15) is 0 Å². The van der Waals surface area contributed by atoms with E-state index in [4.69, 9.17) is 0 Å². The van der Waals surface area contributed by atoms with Crippen molar-refractivity contribution in [1.29, 1.82) is 0 Å². The number of benzene rings is 2. The molecule has 0 nitrogen and oxygen atoms in total. The van der Waals surface area contributed by atoms with Crippen molar-refractivity contribution in [2.75, 3.05) is 0 Å². The molecule has 0 N–H and O–H groups in total. The lowest BCUT2D eigenvalue weighted by molar-refractivity contribution is 1.11. The van der Waals surface area contributed by atoms with E-state index in [1.165, 1.54) is 16.7 Å². The van der Waals surface area contributed by atoms with Crippen molar-refractivity contribution in [3.8, 4) is 0 Å². The van der Waals surface area contributed by atoms with Crippen LogP contribution in [-0.4, -0.2) is 0 Å². The standard InChI is InChI=1S/C15H14Br2/c1-2-11-6-8-12(9-7-11)15(17)13-4-3-5-14(16)10-13/h3-10,15H,2H2,1H3. The first-order valence-corrected chi connectivity index (χ1v) is 7.40. The predicted octanol–water partition coefficient (Wildman–Crippen LogP) is 5.50. The summed E-state index contributed by atoms with van der Waals surface area (Å²) in [5, 5.41) is 0. The summed E-state index contributed by atoms with van der Waals surface area (Å²) >= 11 is 7.26. The van der Waals surface area contributed by atoms with E-state index >= 15 is 0 Å². The van der Waals surface area contributed by atoms with Crippen LogP contribution in [0.25, 0.3) is 0 Å². The van der Waals surface area contributed by atoms with Gasteiger partial charge in [-0.2, -0.15) is 0 Å². The average molecular weight is 354 g/mol. The number of rotatable bonds is 3. The molecule has 0 saturated heterocycles. The van der Waals surface area contributed by atoms with Crippen LogP contribution in [0.15, 0.2) is 53.0 Å². The monoisotopic (exact) mass is 352 g/mol. The molecule has 0 aliphatic carbocycles. The molecule has 0 radical (unpaired) electrons. The van der Waals surface area contributed by atoms with Crippen LogP contribution < -0.4 is 0 Å². The molecule has 88 valence electrons. The second-order valence-electron chi connectivity index (χ2n) is 4.01. The topological polar surface area (TPSA) is 0 Å². The largest absolute Gasteiger partial charge is 0.0786 e. The van der Waals surface area contributed by atoms with Crippen LogP contribution in [0.2, 0.25) is 0 Å². The Hall–Kier alpha value is -0.600. The van der Waals surface area contributed by atoms with Crippen LogP contribution in [0.4, 0.5) is 0 Å². The van der Waals surface area contributed by atoms with Gasteiger partial charge in [0.1, 0.15) is 0 Å². The fourth-order valence-corrected chi connectivity index (χ4v) is 2.79. The summed E-state index contributed by atoms with van der Waals surface area (Å²) in [4.78, 5) is 0.255. The quantitative estimate of drug-likeness (QED) is 0.639. The highest BCUT2D eigenvalue weighted by Crippen LogP contribution is 2.32. The first-order chi connectivity index (χ1) is 8.20. The zero-order valence-corrected chi connectivity index (χ0v) is 12.8. The van der Waals surface area contributed by atoms with E-state index in [2.05, 4.69) is 81.2 Å². The van der Waals surface area contributed by atoms with Crippen molar-refractivity contribution in [2.24, 2.45) is 0 Å². The molecular weight excluding hydrogens is 340 g/mol. The first-order valence-electron chi connectivity index (χ1n) is 5.69. The highest BCUT2D eigenvalue weighted by Gasteiger charge is 2.10. The summed E-state index contributed by atoms with van der Waals surface area (Å²) in [5.74, 6) is 0. The highest BCUT2D eigenvalue weighted by molar-refractivity contribution is 9.10. The Labute approximate surface area is 119 Å². The third-order valence-electron chi connectivity index (χ3n) is 2.82. The van der Waals surface area contributed by atoms with Crippen molar-refractivity contribution in [3.05, 3.63) is 69.7 Å². The molecular formula is C15H14Br2. The Morgan fingerprint density at radius 3 is 2.29 bits per heavy atom. The van der Waals surface area contributed by atoms with Crippen molar-refractivity contribution in [2.45, 2.75) is 18.2 Å². The van der Waals surface area contributed by atoms with Crippen LogP contribution in [0.5, 0.6) is 0 Å². The number of halogens is 2. The van der Waals surface area contributed by atoms with Crippen LogP contribution in [0.3, 0.4) is 0 Å². The van der Waals surface area contributed by atoms with Crippen molar-refractivity contribution < 1.29 is 0 Å². The second-order valence-corrected chi connectivity index (χ2v) is 5.84. The lowest BCUT2D eigenvalue weighted by Gasteiger charge is -2.11. The van der Waals surface area contributed by atoms with E-state index in [1.807, 2.05) is 6.07 Å². The normalized spacial score (nSPS) is 12.4. The molecule has 2 aromatic rings. The lowest BCUT2D eigenvalue weighted by atomic mass is 10.0. The van der Waals surface area contributed by atoms with Gasteiger partial charge in [-0.1, -0.05) is 75.2 Å². The molecule has 2 heteroatoms. The van der Waals surface area contributed by atoms with E-state index in [1.54, 1.807) is 0 Å². The lowest BCUT2D eigenvalue weighted by Crippen LogP contribution is -1.93. The molecule has 0 aromatic heterocycles. The van der Waals surface area contributed by atoms with Gasteiger partial charge in [-0.25, -0.2) is 0 Å². The molecule has 0 bridgehead atoms. The Bertz CT molecular complexity index is 489. The van der Waals surface area contributed by atoms with Gasteiger partial charge in [0.15, 0.2) is 0 Å². The molecule has 0 amide bonds. The van der Waals surface area contributed by atoms with Gasteiger partial charge < -0.3 is 0 Å². The fraction of sp³-hybridized carbons (Fsp3) is 0.200. The molecule has 2 aromatic carbocycles. The molecule has 0 aliphatic heterocycles. The van der Waals surface area contributed by atoms with Gasteiger partial charge in [-0.05, 0) is 35.2 Å². The number of hydrogen-bond donors (Lipinski definition) is 0. The molecule has 0 aliphatic rings. The fourth-order valence-electron chi connectivity index (χ4n) is 1.78. The van der Waals surface area contributed by atoms with E-state index in [0.29, 0.717) is 0 Å². The minimum Gasteiger partial charge on any atom is -0.0786 e. The molecule has 0 spiro atoms. The van der Waals surface area contributed by atoms with E-state index < -0.39 is 0 Å². The molecule has 17 heavy (non-hydrogen) atoms. The van der Waals surface area contributed by atoms with Gasteiger partial charge in [-0.3, -0.25) is 0 Å². The molecule has 1 atom stereocenters. The minimum absolute atomic E-state index is 0.255. The molecule has 0 heterocycles. The molecule has 2 rings (SSSR count). The van der Waals surface area contributed by atoms with E-state index in [0.717, 1.165) is 10.9 Å². The minimum atomic E-state index is 0.255. The average Bonchev–Trinajstić information content (AvgIpc) is 2.38. The maximum absolute atomic E-state index is 3.75. The molecule has 1 unspecified atom stereocenters. The first kappa shape index (κ1) is 12.8. The third-order valence-corrected chi connectivity index (χ3v) is 4.37. The Kier molecular flexibility index (Phi) is 4.41. The zero-order valence-electron chi connectivity index (χ0n) is 9.66. The summed E-state index contributed by atoms with van der Waals surface area (Å²) in [7, 11) is 0. The van der Waals surface area contributed by atoms with Gasteiger partial charge in [0, 0.05) is 4.47 Å². The molecule has 0 saturated carbocycles. The van der Waals surface area contributed by atoms with Gasteiger partial charge in [0.05, 0.1) is 4.83 Å². The number of alkyl halides is 1. The van der Waals surface area contributed by atoms with Crippen LogP contribution >= 0.6 is 31.9 Å². The van der Waals surface area contributed by atoms with Gasteiger partial charge in [0.2, 0.25) is 0 Å². The SMILES string of the molecule is CCc1ccc(C(Br)c2cccc(Br)c2)cc1. The summed E-state index contributed by atoms with van der Waals surface area (Å²) < 4.78 is 1.12. The number of aryl methyl sites for hydroxylation is 1. The van der Waals surface area contributed by atoms with Crippen molar-refractivity contribution >= 4 is 31.9 Å². The second kappa shape index (κ2) is 5.83. The zero-order chi connectivity index (χ0) is 12.3. The van der Waals surface area contributed by atoms with E-state index in [-0.39, 0.29) is 4.83 Å². The predicted molar refractivity (Wildman–Crippen MR) is 80.7 cm³/mol. The van der Waals surface area contributed by atoms with Crippen molar-refractivity contribution in [1.82, 2.24) is 0 Å². The highest BCUT2D eigenvalue weighted by atomic mass is 79.9. The maximum atomic E-state index is 3.75. The third kappa shape index (κ3) is 3.20. The van der Waals surface area contributed by atoms with Gasteiger partial charge in [-0.15, -0.1) is 0 Å². The van der Waals surface area contributed by atoms with Crippen LogP contribution in [-0.2, 0) is 6.42 Å². The summed E-state index contributed by atoms with van der Waals surface area (Å²) in [6, 6.07) is 17.2. The summed E-state index contributed by atoms with van der Waals surface area (Å²) in [6.45, 7) is 2.18. The van der Waals surface area contributed by atoms with Gasteiger partial charge >= 0.3 is 0 Å². The van der Waals surface area contributed by atoms with Crippen molar-refractivity contribution in [3.63, 3.8) is 0 Å². The Morgan fingerprint density at radius 2 is 1.71 bits per heavy atom. The number of hydrogen-bond acceptors (Lipinski definition) is 0. The molecule has 0 fully saturated rings. The summed E-state index contributed by atoms with van der Waals surface area (Å²) in [5.41, 5.74) is 3.94. The van der Waals surface area contributed by atoms with Crippen LogP contribution in [0, 0.1) is 0 Å².